The van der Waals surface area contributed by atoms with Crippen molar-refractivity contribution in [3.8, 4) is 0 Å². The molecule has 1 atom stereocenters. The number of rotatable bonds is 1. The largest absolute Gasteiger partial charge is 0.176 e. The van der Waals surface area contributed by atoms with Crippen LogP contribution in [0, 0.1) is 0 Å². The molecule has 6 heteroatoms. The second-order valence-electron chi connectivity index (χ2n) is 3.70. The van der Waals surface area contributed by atoms with E-state index in [-0.39, 0.29) is 15.1 Å². The molecule has 0 bridgehead atoms. The fourth-order valence-electron chi connectivity index (χ4n) is 1.63. The molecule has 0 nitrogen and oxygen atoms in total. The molecule has 1 aromatic carbocycles. The summed E-state index contributed by atoms with van der Waals surface area (Å²) < 4.78 is -1.52. The second kappa shape index (κ2) is 5.44. The molecule has 1 unspecified atom stereocenters. The number of benzene rings is 1. The number of alkyl halides is 3. The van der Waals surface area contributed by atoms with Gasteiger partial charge in [0.15, 0.2) is 4.33 Å². The van der Waals surface area contributed by atoms with Crippen LogP contribution in [0.4, 0.5) is 0 Å². The highest BCUT2D eigenvalue weighted by atomic mass is 35.5. The average molecular weight is 363 g/mol. The second-order valence-corrected chi connectivity index (χ2v) is 6.69. The lowest BCUT2D eigenvalue weighted by molar-refractivity contribution is 0.936. The van der Waals surface area contributed by atoms with E-state index in [0.717, 1.165) is 5.56 Å². The van der Waals surface area contributed by atoms with Crippen LogP contribution < -0.4 is 0 Å². The first-order valence-electron chi connectivity index (χ1n) is 4.90. The summed E-state index contributed by atoms with van der Waals surface area (Å²) in [6.45, 7) is 0. The van der Waals surface area contributed by atoms with Crippen molar-refractivity contribution in [2.75, 3.05) is 0 Å². The van der Waals surface area contributed by atoms with Crippen LogP contribution >= 0.6 is 69.6 Å². The lowest BCUT2D eigenvalue weighted by atomic mass is 9.98. The maximum atomic E-state index is 6.21. The predicted molar refractivity (Wildman–Crippen MR) is 82.0 cm³/mol. The van der Waals surface area contributed by atoms with Gasteiger partial charge in [-0.3, -0.25) is 0 Å². The van der Waals surface area contributed by atoms with Crippen molar-refractivity contribution in [1.82, 2.24) is 0 Å². The average Bonchev–Trinajstić information content (AvgIpc) is 2.36. The highest BCUT2D eigenvalue weighted by Crippen LogP contribution is 2.53. The lowest BCUT2D eigenvalue weighted by Gasteiger charge is -2.31. The van der Waals surface area contributed by atoms with Gasteiger partial charge >= 0.3 is 0 Å². The molecule has 0 amide bonds. The third-order valence-corrected chi connectivity index (χ3v) is 5.80. The Balaban J connectivity index is 2.65. The molecule has 0 spiro atoms. The van der Waals surface area contributed by atoms with E-state index in [1.165, 1.54) is 0 Å². The van der Waals surface area contributed by atoms with Crippen LogP contribution in [0.1, 0.15) is 5.56 Å². The minimum atomic E-state index is -1.52. The normalized spacial score (nSPS) is 23.6. The van der Waals surface area contributed by atoms with Crippen molar-refractivity contribution in [1.29, 1.82) is 0 Å². The summed E-state index contributed by atoms with van der Waals surface area (Å²) in [4.78, 5) is 0. The quantitative estimate of drug-likeness (QED) is 0.528. The van der Waals surface area contributed by atoms with Crippen molar-refractivity contribution in [3.05, 3.63) is 51.0 Å². The summed E-state index contributed by atoms with van der Waals surface area (Å²) in [5, 5.41) is -0.277. The number of hydrogen-bond donors (Lipinski definition) is 0. The zero-order valence-electron chi connectivity index (χ0n) is 8.73. The Labute approximate surface area is 135 Å². The molecular weight excluding hydrogens is 357 g/mol. The molecule has 0 N–H and O–H groups in total. The van der Waals surface area contributed by atoms with Crippen molar-refractivity contribution < 1.29 is 0 Å². The molecule has 0 saturated heterocycles. The Kier molecular flexibility index (Phi) is 4.48. The van der Waals surface area contributed by atoms with E-state index < -0.39 is 9.71 Å². The molecule has 1 aliphatic carbocycles. The first kappa shape index (κ1) is 14.8. The summed E-state index contributed by atoms with van der Waals surface area (Å²) in [6, 6.07) is 9.30. The van der Waals surface area contributed by atoms with E-state index in [1.807, 2.05) is 30.3 Å². The molecule has 18 heavy (non-hydrogen) atoms. The van der Waals surface area contributed by atoms with Gasteiger partial charge in [0.2, 0.25) is 0 Å². The van der Waals surface area contributed by atoms with Crippen LogP contribution in [0.3, 0.4) is 0 Å². The Hall–Kier alpha value is 0.440. The van der Waals surface area contributed by atoms with Crippen molar-refractivity contribution in [2.45, 2.75) is 9.71 Å². The van der Waals surface area contributed by atoms with Crippen LogP contribution in [-0.2, 0) is 0 Å². The summed E-state index contributed by atoms with van der Waals surface area (Å²) in [5.41, 5.74) is 1.36. The van der Waals surface area contributed by atoms with Gasteiger partial charge in [-0.05, 0) is 5.56 Å². The highest BCUT2D eigenvalue weighted by Gasteiger charge is 2.45. The van der Waals surface area contributed by atoms with Crippen LogP contribution in [0.25, 0.3) is 5.57 Å². The lowest BCUT2D eigenvalue weighted by Crippen LogP contribution is -2.31. The van der Waals surface area contributed by atoms with Gasteiger partial charge in [0.05, 0.1) is 10.1 Å². The first-order valence-corrected chi connectivity index (χ1v) is 7.23. The smallest absolute Gasteiger partial charge is 0.113 e. The molecular formula is C12H6Cl6. The third-order valence-electron chi connectivity index (χ3n) is 2.55. The zero-order chi connectivity index (χ0) is 13.5. The molecule has 0 aromatic heterocycles. The van der Waals surface area contributed by atoms with E-state index in [1.54, 1.807) is 0 Å². The molecule has 0 aliphatic heterocycles. The van der Waals surface area contributed by atoms with Crippen molar-refractivity contribution in [2.24, 2.45) is 0 Å². The van der Waals surface area contributed by atoms with E-state index in [9.17, 15) is 0 Å². The first-order chi connectivity index (χ1) is 8.37. The topological polar surface area (TPSA) is 0 Å². The van der Waals surface area contributed by atoms with Gasteiger partial charge in [0, 0.05) is 10.6 Å². The predicted octanol–water partition coefficient (Wildman–Crippen LogP) is 6.12. The van der Waals surface area contributed by atoms with Crippen molar-refractivity contribution >= 4 is 75.2 Å². The molecule has 0 saturated carbocycles. The van der Waals surface area contributed by atoms with Gasteiger partial charge in [-0.2, -0.15) is 0 Å². The van der Waals surface area contributed by atoms with Crippen LogP contribution in [-0.4, -0.2) is 9.71 Å². The van der Waals surface area contributed by atoms with Gasteiger partial charge in [0.1, 0.15) is 5.38 Å². The Bertz CT molecular complexity index is 529. The van der Waals surface area contributed by atoms with E-state index >= 15 is 0 Å². The standard InChI is InChI=1S/C12H6Cl6/c13-8-7(6-4-2-1-3-5-6)9(14)11(16)12(17,18)10(8)15/h1-5,10H. The number of halogens is 6. The van der Waals surface area contributed by atoms with Crippen LogP contribution in [0.15, 0.2) is 45.4 Å². The molecule has 0 fully saturated rings. The number of hydrogen-bond acceptors (Lipinski definition) is 0. The SMILES string of the molecule is ClC1=C(Cl)C(Cl)(Cl)C(Cl)C(Cl)=C1c1ccccc1. The fraction of sp³-hybridized carbons (Fsp3) is 0.167. The maximum absolute atomic E-state index is 6.21. The summed E-state index contributed by atoms with van der Waals surface area (Å²) in [5.74, 6) is 0. The van der Waals surface area contributed by atoms with Gasteiger partial charge in [-0.25, -0.2) is 0 Å². The fourth-order valence-corrected chi connectivity index (χ4v) is 3.50. The highest BCUT2D eigenvalue weighted by molar-refractivity contribution is 6.64. The number of allylic oxidation sites excluding steroid dienone is 4. The molecule has 2 rings (SSSR count). The van der Waals surface area contributed by atoms with E-state index in [0.29, 0.717) is 5.57 Å². The van der Waals surface area contributed by atoms with Crippen molar-refractivity contribution in [3.63, 3.8) is 0 Å². The Morgan fingerprint density at radius 1 is 0.944 bits per heavy atom. The summed E-state index contributed by atoms with van der Waals surface area (Å²) in [7, 11) is 0. The summed E-state index contributed by atoms with van der Waals surface area (Å²) >= 11 is 36.7. The molecule has 0 heterocycles. The Morgan fingerprint density at radius 2 is 1.50 bits per heavy atom. The van der Waals surface area contributed by atoms with E-state index in [2.05, 4.69) is 0 Å². The molecule has 1 aliphatic rings. The molecule has 96 valence electrons. The zero-order valence-corrected chi connectivity index (χ0v) is 13.3. The van der Waals surface area contributed by atoms with E-state index in [4.69, 9.17) is 69.6 Å². The molecule has 0 radical (unpaired) electrons. The molecule has 1 aromatic rings. The monoisotopic (exact) mass is 360 g/mol. The summed E-state index contributed by atoms with van der Waals surface area (Å²) in [6.07, 6.45) is 0. The van der Waals surface area contributed by atoms with Gasteiger partial charge in [-0.1, -0.05) is 88.3 Å². The Morgan fingerprint density at radius 3 is 2.06 bits per heavy atom. The van der Waals surface area contributed by atoms with Gasteiger partial charge in [-0.15, -0.1) is 11.6 Å². The minimum absolute atomic E-state index is 0.0794. The van der Waals surface area contributed by atoms with Gasteiger partial charge in [0.25, 0.3) is 0 Å². The third kappa shape index (κ3) is 2.40. The minimum Gasteiger partial charge on any atom is -0.113 e. The van der Waals surface area contributed by atoms with Gasteiger partial charge < -0.3 is 0 Å². The van der Waals surface area contributed by atoms with Crippen LogP contribution in [0.5, 0.6) is 0 Å². The van der Waals surface area contributed by atoms with Crippen LogP contribution in [0.2, 0.25) is 0 Å². The maximum Gasteiger partial charge on any atom is 0.176 e.